The third-order valence-electron chi connectivity index (χ3n) is 6.36. The van der Waals surface area contributed by atoms with Crippen LogP contribution in [-0.2, 0) is 4.79 Å². The fraction of sp³-hybridized carbons (Fsp3) is 0.185. The lowest BCUT2D eigenvalue weighted by Gasteiger charge is -2.36. The first-order valence-electron chi connectivity index (χ1n) is 11.7. The number of hydrogen-bond donors (Lipinski definition) is 1. The Labute approximate surface area is 207 Å². The maximum Gasteiger partial charge on any atom is 0.269 e. The van der Waals surface area contributed by atoms with E-state index in [0.717, 1.165) is 22.3 Å². The van der Waals surface area contributed by atoms with E-state index in [0.29, 0.717) is 31.9 Å². The van der Waals surface area contributed by atoms with Gasteiger partial charge in [-0.25, -0.2) is 0 Å². The molecule has 0 aliphatic carbocycles. The molecule has 1 N–H and O–H groups in total. The Balaban J connectivity index is 1.27. The summed E-state index contributed by atoms with van der Waals surface area (Å²) in [6.45, 7) is 2.93. The second kappa shape index (κ2) is 10.0. The molecule has 9 heteroatoms. The number of amides is 1. The summed E-state index contributed by atoms with van der Waals surface area (Å²) in [7, 11) is 0. The number of carbonyl (C=O) groups is 1. The van der Waals surface area contributed by atoms with Crippen molar-refractivity contribution in [3.05, 3.63) is 105 Å². The van der Waals surface area contributed by atoms with Crippen LogP contribution in [0.3, 0.4) is 0 Å². The molecule has 1 fully saturated rings. The number of carbonyl (C=O) groups excluding carboxylic acids is 1. The molecule has 2 heterocycles. The highest BCUT2D eigenvalue weighted by Crippen LogP contribution is 2.27. The highest BCUT2D eigenvalue weighted by molar-refractivity contribution is 5.93. The first-order valence-corrected chi connectivity index (χ1v) is 11.7. The lowest BCUT2D eigenvalue weighted by atomic mass is 10.1. The maximum atomic E-state index is 13.2. The van der Waals surface area contributed by atoms with Crippen LogP contribution in [0.5, 0.6) is 0 Å². The van der Waals surface area contributed by atoms with Gasteiger partial charge in [-0.1, -0.05) is 36.4 Å². The summed E-state index contributed by atoms with van der Waals surface area (Å²) in [6.07, 6.45) is 0. The van der Waals surface area contributed by atoms with Crippen LogP contribution in [0, 0.1) is 10.1 Å². The van der Waals surface area contributed by atoms with Crippen molar-refractivity contribution in [1.82, 2.24) is 9.47 Å². The summed E-state index contributed by atoms with van der Waals surface area (Å²) < 4.78 is 1.73. The van der Waals surface area contributed by atoms with Gasteiger partial charge in [-0.3, -0.25) is 29.2 Å². The number of fused-ring (bicyclic) bond motifs is 1. The monoisotopic (exact) mass is 483 g/mol. The summed E-state index contributed by atoms with van der Waals surface area (Å²) in [6, 6.07) is 25.0. The average molecular weight is 484 g/mol. The van der Waals surface area contributed by atoms with Crippen LogP contribution in [0.1, 0.15) is 0 Å². The molecule has 1 aromatic heterocycles. The van der Waals surface area contributed by atoms with Gasteiger partial charge in [-0.05, 0) is 30.3 Å². The van der Waals surface area contributed by atoms with E-state index in [4.69, 9.17) is 0 Å². The predicted molar refractivity (Wildman–Crippen MR) is 140 cm³/mol. The molecule has 182 valence electrons. The summed E-state index contributed by atoms with van der Waals surface area (Å²) in [5.74, 6) is -0.173. The second-order valence-corrected chi connectivity index (χ2v) is 8.67. The molecule has 0 saturated carbocycles. The number of nitro benzene ring substituents is 1. The van der Waals surface area contributed by atoms with Gasteiger partial charge in [0.2, 0.25) is 5.91 Å². The molecule has 0 atom stereocenters. The average Bonchev–Trinajstić information content (AvgIpc) is 2.89. The van der Waals surface area contributed by atoms with Gasteiger partial charge in [0.1, 0.15) is 0 Å². The molecular weight excluding hydrogens is 458 g/mol. The number of non-ortho nitro benzene ring substituents is 1. The highest BCUT2D eigenvalue weighted by atomic mass is 16.6. The van der Waals surface area contributed by atoms with Crippen molar-refractivity contribution in [2.24, 2.45) is 0 Å². The zero-order valence-electron chi connectivity index (χ0n) is 19.5. The summed E-state index contributed by atoms with van der Waals surface area (Å²) in [5.41, 5.74) is 3.01. The first-order chi connectivity index (χ1) is 17.5. The summed E-state index contributed by atoms with van der Waals surface area (Å²) in [4.78, 5) is 40.2. The molecule has 9 nitrogen and oxygen atoms in total. The van der Waals surface area contributed by atoms with Gasteiger partial charge in [0.15, 0.2) is 0 Å². The Kier molecular flexibility index (Phi) is 6.46. The van der Waals surface area contributed by atoms with E-state index in [1.807, 2.05) is 54.6 Å². The molecule has 0 bridgehead atoms. The number of hydrogen-bond acceptors (Lipinski definition) is 6. The van der Waals surface area contributed by atoms with Crippen molar-refractivity contribution in [2.75, 3.05) is 42.9 Å². The number of aromatic nitrogens is 1. The Morgan fingerprint density at radius 3 is 2.25 bits per heavy atom. The van der Waals surface area contributed by atoms with Crippen LogP contribution in [0.4, 0.5) is 17.1 Å². The van der Waals surface area contributed by atoms with E-state index in [-0.39, 0.29) is 23.7 Å². The Hall–Kier alpha value is -4.50. The SMILES string of the molecule is O=C(CN1CCN(c2cc(=O)n(-c3ccccc3)c3ccccc23)CC1)Nc1ccc([N+](=O)[O-])cc1. The molecule has 1 amide bonds. The minimum absolute atomic E-state index is 0.0203. The van der Waals surface area contributed by atoms with E-state index >= 15 is 0 Å². The third-order valence-corrected chi connectivity index (χ3v) is 6.36. The van der Waals surface area contributed by atoms with Gasteiger partial charge in [0.05, 0.1) is 22.7 Å². The van der Waals surface area contributed by atoms with Gasteiger partial charge in [0, 0.05) is 61.1 Å². The number of nitrogens with one attached hydrogen (secondary N) is 1. The van der Waals surface area contributed by atoms with Crippen molar-refractivity contribution >= 4 is 33.9 Å². The van der Waals surface area contributed by atoms with E-state index in [1.165, 1.54) is 24.3 Å². The van der Waals surface area contributed by atoms with Crippen LogP contribution in [-0.4, -0.2) is 53.0 Å². The van der Waals surface area contributed by atoms with Gasteiger partial charge >= 0.3 is 0 Å². The Bertz CT molecular complexity index is 1460. The van der Waals surface area contributed by atoms with E-state index in [2.05, 4.69) is 15.1 Å². The quantitative estimate of drug-likeness (QED) is 0.332. The van der Waals surface area contributed by atoms with Gasteiger partial charge < -0.3 is 10.2 Å². The van der Waals surface area contributed by atoms with Crippen molar-refractivity contribution in [1.29, 1.82) is 0 Å². The van der Waals surface area contributed by atoms with E-state index in [1.54, 1.807) is 10.6 Å². The number of benzene rings is 3. The Morgan fingerprint density at radius 1 is 0.889 bits per heavy atom. The number of nitrogens with zero attached hydrogens (tertiary/aromatic N) is 4. The minimum Gasteiger partial charge on any atom is -0.368 e. The van der Waals surface area contributed by atoms with Crippen molar-refractivity contribution in [3.63, 3.8) is 0 Å². The van der Waals surface area contributed by atoms with Gasteiger partial charge in [-0.2, -0.15) is 0 Å². The second-order valence-electron chi connectivity index (χ2n) is 8.67. The first kappa shape index (κ1) is 23.3. The molecular formula is C27H25N5O4. The molecule has 36 heavy (non-hydrogen) atoms. The van der Waals surface area contributed by atoms with Crippen LogP contribution in [0.25, 0.3) is 16.6 Å². The molecule has 1 saturated heterocycles. The number of piperazine rings is 1. The normalized spacial score (nSPS) is 14.1. The smallest absolute Gasteiger partial charge is 0.269 e. The third kappa shape index (κ3) is 4.82. The molecule has 3 aromatic carbocycles. The number of pyridine rings is 1. The zero-order chi connectivity index (χ0) is 25.1. The van der Waals surface area contributed by atoms with Crippen molar-refractivity contribution in [3.8, 4) is 5.69 Å². The largest absolute Gasteiger partial charge is 0.368 e. The molecule has 1 aliphatic heterocycles. The number of rotatable bonds is 6. The number of anilines is 2. The lowest BCUT2D eigenvalue weighted by Crippen LogP contribution is -2.49. The van der Waals surface area contributed by atoms with Crippen LogP contribution < -0.4 is 15.8 Å². The molecule has 1 aliphatic rings. The zero-order valence-corrected chi connectivity index (χ0v) is 19.5. The van der Waals surface area contributed by atoms with Crippen LogP contribution in [0.2, 0.25) is 0 Å². The van der Waals surface area contributed by atoms with Crippen molar-refractivity contribution in [2.45, 2.75) is 0 Å². The molecule has 5 rings (SSSR count). The highest BCUT2D eigenvalue weighted by Gasteiger charge is 2.22. The molecule has 4 aromatic rings. The fourth-order valence-corrected chi connectivity index (χ4v) is 4.59. The van der Waals surface area contributed by atoms with Gasteiger partial charge in [-0.15, -0.1) is 0 Å². The van der Waals surface area contributed by atoms with Crippen molar-refractivity contribution < 1.29 is 9.72 Å². The van der Waals surface area contributed by atoms with E-state index in [9.17, 15) is 19.7 Å². The lowest BCUT2D eigenvalue weighted by molar-refractivity contribution is -0.384. The number of para-hydroxylation sites is 2. The number of nitro groups is 1. The summed E-state index contributed by atoms with van der Waals surface area (Å²) in [5, 5.41) is 14.6. The predicted octanol–water partition coefficient (Wildman–Crippen LogP) is 3.66. The topological polar surface area (TPSA) is 101 Å². The molecule has 0 spiro atoms. The van der Waals surface area contributed by atoms with Crippen LogP contribution in [0.15, 0.2) is 89.7 Å². The van der Waals surface area contributed by atoms with Gasteiger partial charge in [0.25, 0.3) is 11.2 Å². The van der Waals surface area contributed by atoms with Crippen LogP contribution >= 0.6 is 0 Å². The molecule has 0 unspecified atom stereocenters. The maximum absolute atomic E-state index is 13.2. The minimum atomic E-state index is -0.474. The molecule has 0 radical (unpaired) electrons. The Morgan fingerprint density at radius 2 is 1.56 bits per heavy atom. The van der Waals surface area contributed by atoms with E-state index < -0.39 is 4.92 Å². The summed E-state index contributed by atoms with van der Waals surface area (Å²) >= 11 is 0. The fourth-order valence-electron chi connectivity index (χ4n) is 4.59. The standard InChI is InChI=1S/C27H25N5O4/c33-26(28-20-10-12-22(13-11-20)32(35)36)19-29-14-16-30(17-15-29)25-18-27(34)31(21-6-2-1-3-7-21)24-9-5-4-8-23(24)25/h1-13,18H,14-17,19H2,(H,28,33).